The Morgan fingerprint density at radius 1 is 1.36 bits per heavy atom. The Labute approximate surface area is 127 Å². The van der Waals surface area contributed by atoms with Crippen LogP contribution in [0.1, 0.15) is 29.6 Å². The van der Waals surface area contributed by atoms with E-state index in [0.717, 1.165) is 31.7 Å². The molecule has 4 heterocycles. The van der Waals surface area contributed by atoms with Crippen molar-refractivity contribution in [1.82, 2.24) is 9.55 Å². The topological polar surface area (TPSA) is 75.1 Å². The molecular formula is C16H16N4O2. The van der Waals surface area contributed by atoms with Crippen LogP contribution in [0.4, 0.5) is 5.88 Å². The number of aromatic nitrogens is 2. The first-order valence-corrected chi connectivity index (χ1v) is 7.48. The summed E-state index contributed by atoms with van der Waals surface area (Å²) in [4.78, 5) is 18.3. The standard InChI is InChI=1S/C16H16N4O2/c1-10-18-13(6-17)16(22-10)19-7-11-5-12(9-19)14-3-2-4-15(21)20(14)8-11/h2-4,11-12H,5,7-9H2,1H3/t11-,12+/m0/s1. The maximum atomic E-state index is 12.0. The van der Waals surface area contributed by atoms with E-state index >= 15 is 0 Å². The van der Waals surface area contributed by atoms with E-state index in [1.54, 1.807) is 13.0 Å². The molecule has 2 bridgehead atoms. The average molecular weight is 296 g/mol. The van der Waals surface area contributed by atoms with Crippen LogP contribution in [-0.2, 0) is 6.54 Å². The first-order chi connectivity index (χ1) is 10.7. The van der Waals surface area contributed by atoms with Gasteiger partial charge in [-0.2, -0.15) is 5.26 Å². The van der Waals surface area contributed by atoms with Crippen LogP contribution in [-0.4, -0.2) is 22.6 Å². The predicted octanol–water partition coefficient (Wildman–Crippen LogP) is 1.64. The van der Waals surface area contributed by atoms with Crippen molar-refractivity contribution in [2.75, 3.05) is 18.0 Å². The summed E-state index contributed by atoms with van der Waals surface area (Å²) >= 11 is 0. The molecular weight excluding hydrogens is 280 g/mol. The van der Waals surface area contributed by atoms with Crippen LogP contribution in [0.2, 0.25) is 0 Å². The second-order valence-electron chi connectivity index (χ2n) is 6.10. The first-order valence-electron chi connectivity index (χ1n) is 7.48. The molecule has 6 heteroatoms. The lowest BCUT2D eigenvalue weighted by Gasteiger charge is -2.42. The van der Waals surface area contributed by atoms with Crippen molar-refractivity contribution < 1.29 is 4.42 Å². The van der Waals surface area contributed by atoms with Crippen molar-refractivity contribution in [3.63, 3.8) is 0 Å². The van der Waals surface area contributed by atoms with Gasteiger partial charge in [0.25, 0.3) is 5.56 Å². The third kappa shape index (κ3) is 1.93. The molecule has 2 aliphatic heterocycles. The summed E-state index contributed by atoms with van der Waals surface area (Å²) in [6.45, 7) is 4.03. The Bertz CT molecular complexity index is 829. The number of anilines is 1. The Hall–Kier alpha value is -2.55. The molecule has 2 aromatic heterocycles. The molecule has 0 spiro atoms. The number of rotatable bonds is 1. The molecule has 2 aromatic rings. The molecule has 4 rings (SSSR count). The Balaban J connectivity index is 1.72. The number of piperidine rings is 1. The van der Waals surface area contributed by atoms with Crippen molar-refractivity contribution >= 4 is 5.88 Å². The lowest BCUT2D eigenvalue weighted by atomic mass is 9.83. The number of nitriles is 1. The van der Waals surface area contributed by atoms with E-state index in [1.807, 2.05) is 16.7 Å². The predicted molar refractivity (Wildman–Crippen MR) is 79.7 cm³/mol. The number of fused-ring (bicyclic) bond motifs is 4. The maximum absolute atomic E-state index is 12.0. The highest BCUT2D eigenvalue weighted by molar-refractivity contribution is 5.49. The van der Waals surface area contributed by atoms with Gasteiger partial charge in [-0.1, -0.05) is 6.07 Å². The molecule has 0 aromatic carbocycles. The van der Waals surface area contributed by atoms with Gasteiger partial charge in [-0.15, -0.1) is 0 Å². The minimum Gasteiger partial charge on any atom is -0.424 e. The van der Waals surface area contributed by atoms with Gasteiger partial charge in [-0.05, 0) is 18.4 Å². The Morgan fingerprint density at radius 3 is 3.05 bits per heavy atom. The quantitative estimate of drug-likeness (QED) is 0.799. The summed E-state index contributed by atoms with van der Waals surface area (Å²) in [5.41, 5.74) is 1.51. The van der Waals surface area contributed by atoms with Crippen LogP contribution in [0.5, 0.6) is 0 Å². The van der Waals surface area contributed by atoms with Crippen molar-refractivity contribution in [2.45, 2.75) is 25.8 Å². The Kier molecular flexibility index (Phi) is 2.83. The monoisotopic (exact) mass is 296 g/mol. The minimum absolute atomic E-state index is 0.0777. The zero-order valence-corrected chi connectivity index (χ0v) is 12.3. The molecule has 0 amide bonds. The van der Waals surface area contributed by atoms with Gasteiger partial charge < -0.3 is 13.9 Å². The van der Waals surface area contributed by atoms with Gasteiger partial charge in [-0.25, -0.2) is 4.98 Å². The van der Waals surface area contributed by atoms with E-state index in [0.29, 0.717) is 29.3 Å². The zero-order chi connectivity index (χ0) is 15.3. The van der Waals surface area contributed by atoms with E-state index in [4.69, 9.17) is 4.42 Å². The molecule has 0 unspecified atom stereocenters. The molecule has 0 N–H and O–H groups in total. The van der Waals surface area contributed by atoms with E-state index in [2.05, 4.69) is 16.0 Å². The van der Waals surface area contributed by atoms with Crippen LogP contribution in [0.15, 0.2) is 27.4 Å². The molecule has 6 nitrogen and oxygen atoms in total. The first kappa shape index (κ1) is 13.1. The van der Waals surface area contributed by atoms with E-state index < -0.39 is 0 Å². The van der Waals surface area contributed by atoms with Crippen molar-refractivity contribution in [2.24, 2.45) is 5.92 Å². The van der Waals surface area contributed by atoms with Gasteiger partial charge in [0.1, 0.15) is 6.07 Å². The molecule has 2 atom stereocenters. The lowest BCUT2D eigenvalue weighted by molar-refractivity contribution is 0.274. The summed E-state index contributed by atoms with van der Waals surface area (Å²) in [6.07, 6.45) is 1.08. The molecule has 1 saturated heterocycles. The summed E-state index contributed by atoms with van der Waals surface area (Å²) in [6, 6.07) is 7.58. The van der Waals surface area contributed by atoms with Crippen molar-refractivity contribution in [3.8, 4) is 6.07 Å². The summed E-state index contributed by atoms with van der Waals surface area (Å²) in [5, 5.41) is 9.21. The summed E-state index contributed by atoms with van der Waals surface area (Å²) in [7, 11) is 0. The van der Waals surface area contributed by atoms with Gasteiger partial charge >= 0.3 is 0 Å². The second kappa shape index (κ2) is 4.73. The van der Waals surface area contributed by atoms with Crippen molar-refractivity contribution in [3.05, 3.63) is 45.8 Å². The smallest absolute Gasteiger partial charge is 0.250 e. The van der Waals surface area contributed by atoms with Crippen LogP contribution in [0, 0.1) is 24.2 Å². The number of oxazole rings is 1. The molecule has 22 heavy (non-hydrogen) atoms. The molecule has 0 saturated carbocycles. The van der Waals surface area contributed by atoms with Crippen LogP contribution in [0.25, 0.3) is 0 Å². The highest BCUT2D eigenvalue weighted by Crippen LogP contribution is 2.37. The fraction of sp³-hybridized carbons (Fsp3) is 0.438. The normalized spacial score (nSPS) is 23.0. The Morgan fingerprint density at radius 2 is 2.23 bits per heavy atom. The number of pyridine rings is 1. The van der Waals surface area contributed by atoms with Gasteiger partial charge in [0.2, 0.25) is 11.6 Å². The zero-order valence-electron chi connectivity index (χ0n) is 12.3. The van der Waals surface area contributed by atoms with Crippen LogP contribution < -0.4 is 10.5 Å². The molecule has 0 radical (unpaired) electrons. The van der Waals surface area contributed by atoms with Gasteiger partial charge in [-0.3, -0.25) is 4.79 Å². The molecule has 112 valence electrons. The second-order valence-corrected chi connectivity index (χ2v) is 6.10. The number of nitrogens with zero attached hydrogens (tertiary/aromatic N) is 4. The van der Waals surface area contributed by atoms with E-state index in [9.17, 15) is 10.1 Å². The SMILES string of the molecule is Cc1nc(C#N)c(N2C[C@@H]3C[C@H](C2)c2cccc(=O)n2C3)o1. The summed E-state index contributed by atoms with van der Waals surface area (Å²) < 4.78 is 7.54. The number of hydrogen-bond acceptors (Lipinski definition) is 5. The molecule has 1 fully saturated rings. The highest BCUT2D eigenvalue weighted by atomic mass is 16.4. The fourth-order valence-corrected chi connectivity index (χ4v) is 3.77. The third-order valence-corrected chi connectivity index (χ3v) is 4.59. The molecule has 0 aliphatic carbocycles. The number of aryl methyl sites for hydroxylation is 1. The lowest BCUT2D eigenvalue weighted by Crippen LogP contribution is -2.47. The minimum atomic E-state index is 0.0777. The fourth-order valence-electron chi connectivity index (χ4n) is 3.77. The number of hydrogen-bond donors (Lipinski definition) is 0. The van der Waals surface area contributed by atoms with Crippen LogP contribution >= 0.6 is 0 Å². The molecule has 2 aliphatic rings. The average Bonchev–Trinajstić information content (AvgIpc) is 2.89. The van der Waals surface area contributed by atoms with E-state index in [1.165, 1.54) is 0 Å². The largest absolute Gasteiger partial charge is 0.424 e. The van der Waals surface area contributed by atoms with Gasteiger partial charge in [0.05, 0.1) is 0 Å². The van der Waals surface area contributed by atoms with Gasteiger partial charge in [0.15, 0.2) is 5.89 Å². The van der Waals surface area contributed by atoms with Crippen molar-refractivity contribution in [1.29, 1.82) is 5.26 Å². The highest BCUT2D eigenvalue weighted by Gasteiger charge is 2.36. The van der Waals surface area contributed by atoms with Crippen LogP contribution in [0.3, 0.4) is 0 Å². The third-order valence-electron chi connectivity index (χ3n) is 4.59. The van der Waals surface area contributed by atoms with E-state index in [-0.39, 0.29) is 5.56 Å². The maximum Gasteiger partial charge on any atom is 0.250 e. The van der Waals surface area contributed by atoms with Gasteiger partial charge in [0, 0.05) is 44.2 Å². The summed E-state index contributed by atoms with van der Waals surface area (Å²) in [5.74, 6) is 1.77.